The van der Waals surface area contributed by atoms with Gasteiger partial charge < -0.3 is 21.2 Å². The van der Waals surface area contributed by atoms with Crippen molar-refractivity contribution < 1.29 is 4.92 Å². The first kappa shape index (κ1) is 9.40. The number of nitrogens with two attached hydrogens (primary N) is 1. The molecule has 0 fully saturated rings. The van der Waals surface area contributed by atoms with Crippen LogP contribution in [0.1, 0.15) is 0 Å². The van der Waals surface area contributed by atoms with Crippen molar-refractivity contribution in [2.75, 3.05) is 18.4 Å². The lowest BCUT2D eigenvalue weighted by Gasteiger charge is -2.00. The quantitative estimate of drug-likeness (QED) is 0.518. The third-order valence-corrected chi connectivity index (χ3v) is 1.41. The normalized spacial score (nSPS) is 9.62. The number of nitro groups is 1. The Hall–Kier alpha value is -1.69. The Kier molecular flexibility index (Phi) is 3.15. The van der Waals surface area contributed by atoms with Gasteiger partial charge in [-0.1, -0.05) is 0 Å². The molecule has 6 heteroatoms. The minimum Gasteiger partial charge on any atom is -0.381 e. The van der Waals surface area contributed by atoms with E-state index in [0.717, 1.165) is 5.69 Å². The van der Waals surface area contributed by atoms with Crippen LogP contribution in [0.3, 0.4) is 0 Å². The topological polar surface area (TPSA) is 94.1 Å². The summed E-state index contributed by atoms with van der Waals surface area (Å²) >= 11 is 0. The van der Waals surface area contributed by atoms with Crippen LogP contribution < -0.4 is 11.1 Å². The van der Waals surface area contributed by atoms with Gasteiger partial charge in [0.25, 0.3) is 0 Å². The molecule has 0 aliphatic rings. The van der Waals surface area contributed by atoms with E-state index in [2.05, 4.69) is 10.3 Å². The fourth-order valence-corrected chi connectivity index (χ4v) is 0.815. The number of nitrogens with zero attached hydrogens (tertiary/aromatic N) is 2. The van der Waals surface area contributed by atoms with Crippen molar-refractivity contribution in [1.29, 1.82) is 0 Å². The third-order valence-electron chi connectivity index (χ3n) is 1.41. The van der Waals surface area contributed by atoms with Crippen LogP contribution in [0.5, 0.6) is 0 Å². The van der Waals surface area contributed by atoms with Crippen molar-refractivity contribution in [3.63, 3.8) is 0 Å². The minimum absolute atomic E-state index is 0.154. The van der Waals surface area contributed by atoms with Gasteiger partial charge in [-0.3, -0.25) is 0 Å². The first-order valence-corrected chi connectivity index (χ1v) is 3.78. The smallest absolute Gasteiger partial charge is 0.363 e. The Bertz CT molecular complexity index is 285. The summed E-state index contributed by atoms with van der Waals surface area (Å²) in [6.07, 6.45) is 1.41. The van der Waals surface area contributed by atoms with Crippen LogP contribution in [0.4, 0.5) is 11.5 Å². The van der Waals surface area contributed by atoms with Gasteiger partial charge in [-0.25, -0.2) is 0 Å². The lowest BCUT2D eigenvalue weighted by atomic mass is 10.4. The lowest BCUT2D eigenvalue weighted by molar-refractivity contribution is -0.389. The molecule has 0 atom stereocenters. The number of nitrogens with one attached hydrogen (secondary N) is 1. The zero-order valence-corrected chi connectivity index (χ0v) is 6.93. The molecule has 0 aromatic carbocycles. The molecular weight excluding hydrogens is 172 g/mol. The van der Waals surface area contributed by atoms with Crippen molar-refractivity contribution in [1.82, 2.24) is 4.98 Å². The molecule has 0 saturated heterocycles. The van der Waals surface area contributed by atoms with E-state index in [0.29, 0.717) is 13.1 Å². The number of hydrogen-bond donors (Lipinski definition) is 2. The van der Waals surface area contributed by atoms with Gasteiger partial charge in [0, 0.05) is 19.2 Å². The molecule has 13 heavy (non-hydrogen) atoms. The zero-order valence-electron chi connectivity index (χ0n) is 6.93. The molecule has 6 nitrogen and oxygen atoms in total. The maximum absolute atomic E-state index is 10.2. The van der Waals surface area contributed by atoms with Gasteiger partial charge in [0.05, 0.1) is 5.69 Å². The van der Waals surface area contributed by atoms with Gasteiger partial charge in [-0.05, 0) is 16.0 Å². The first-order chi connectivity index (χ1) is 6.24. The van der Waals surface area contributed by atoms with Crippen molar-refractivity contribution in [2.24, 2.45) is 5.73 Å². The van der Waals surface area contributed by atoms with E-state index in [1.54, 1.807) is 6.07 Å². The second kappa shape index (κ2) is 4.36. The van der Waals surface area contributed by atoms with Crippen LogP contribution in [0, 0.1) is 10.1 Å². The summed E-state index contributed by atoms with van der Waals surface area (Å²) in [5.41, 5.74) is 6.00. The second-order valence-corrected chi connectivity index (χ2v) is 2.38. The summed E-state index contributed by atoms with van der Waals surface area (Å²) in [5, 5.41) is 13.2. The average molecular weight is 182 g/mol. The molecule has 0 saturated carbocycles. The van der Waals surface area contributed by atoms with E-state index in [1.807, 2.05) is 0 Å². The second-order valence-electron chi connectivity index (χ2n) is 2.38. The van der Waals surface area contributed by atoms with Crippen LogP contribution in [0.2, 0.25) is 0 Å². The molecule has 1 rings (SSSR count). The zero-order chi connectivity index (χ0) is 9.68. The number of anilines is 1. The van der Waals surface area contributed by atoms with E-state index in [4.69, 9.17) is 5.73 Å². The number of aromatic nitrogens is 1. The highest BCUT2D eigenvalue weighted by Gasteiger charge is 2.04. The molecule has 0 aliphatic carbocycles. The van der Waals surface area contributed by atoms with E-state index >= 15 is 0 Å². The van der Waals surface area contributed by atoms with Gasteiger partial charge in [0.1, 0.15) is 0 Å². The van der Waals surface area contributed by atoms with Gasteiger partial charge in [-0.15, -0.1) is 0 Å². The van der Waals surface area contributed by atoms with Crippen LogP contribution in [0.25, 0.3) is 0 Å². The lowest BCUT2D eigenvalue weighted by Crippen LogP contribution is -2.13. The molecule has 0 radical (unpaired) electrons. The molecule has 0 amide bonds. The third kappa shape index (κ3) is 2.68. The number of pyridine rings is 1. The van der Waals surface area contributed by atoms with Crippen LogP contribution in [-0.4, -0.2) is 23.0 Å². The molecular formula is C7H10N4O2. The van der Waals surface area contributed by atoms with Gasteiger partial charge in [0.2, 0.25) is 0 Å². The summed E-state index contributed by atoms with van der Waals surface area (Å²) in [4.78, 5) is 13.3. The van der Waals surface area contributed by atoms with Crippen molar-refractivity contribution in [3.05, 3.63) is 28.4 Å². The Morgan fingerprint density at radius 1 is 1.62 bits per heavy atom. The number of rotatable bonds is 4. The molecule has 3 N–H and O–H groups in total. The standard InChI is InChI=1S/C7H10N4O2/c8-3-4-9-6-1-2-7(10-5-6)11(12)13/h1-2,5,9H,3-4,8H2. The van der Waals surface area contributed by atoms with Crippen LogP contribution in [0.15, 0.2) is 18.3 Å². The summed E-state index contributed by atoms with van der Waals surface area (Å²) in [7, 11) is 0. The molecule has 1 aromatic rings. The molecule has 0 unspecified atom stereocenters. The fourth-order valence-electron chi connectivity index (χ4n) is 0.815. The van der Waals surface area contributed by atoms with Crippen molar-refractivity contribution in [2.45, 2.75) is 0 Å². The van der Waals surface area contributed by atoms with E-state index < -0.39 is 4.92 Å². The maximum atomic E-state index is 10.2. The maximum Gasteiger partial charge on any atom is 0.363 e. The van der Waals surface area contributed by atoms with Gasteiger partial charge in [-0.2, -0.15) is 0 Å². The predicted octanol–water partition coefficient (Wildman–Crippen LogP) is 0.360. The molecule has 0 aliphatic heterocycles. The summed E-state index contributed by atoms with van der Waals surface area (Å²) < 4.78 is 0. The Morgan fingerprint density at radius 2 is 2.38 bits per heavy atom. The highest BCUT2D eigenvalue weighted by atomic mass is 16.6. The van der Waals surface area contributed by atoms with Crippen molar-refractivity contribution >= 4 is 11.5 Å². The highest BCUT2D eigenvalue weighted by Crippen LogP contribution is 2.10. The molecule has 70 valence electrons. The molecule has 0 bridgehead atoms. The highest BCUT2D eigenvalue weighted by molar-refractivity contribution is 5.43. The fraction of sp³-hybridized carbons (Fsp3) is 0.286. The monoisotopic (exact) mass is 182 g/mol. The molecule has 1 heterocycles. The summed E-state index contributed by atoms with van der Waals surface area (Å²) in [6, 6.07) is 2.94. The van der Waals surface area contributed by atoms with Gasteiger partial charge in [0.15, 0.2) is 6.20 Å². The largest absolute Gasteiger partial charge is 0.381 e. The molecule has 1 aromatic heterocycles. The van der Waals surface area contributed by atoms with Crippen LogP contribution in [-0.2, 0) is 0 Å². The SMILES string of the molecule is NCCNc1ccc([N+](=O)[O-])nc1. The van der Waals surface area contributed by atoms with E-state index in [9.17, 15) is 10.1 Å². The first-order valence-electron chi connectivity index (χ1n) is 3.78. The van der Waals surface area contributed by atoms with E-state index in [-0.39, 0.29) is 5.82 Å². The van der Waals surface area contributed by atoms with Crippen molar-refractivity contribution in [3.8, 4) is 0 Å². The van der Waals surface area contributed by atoms with Gasteiger partial charge >= 0.3 is 5.82 Å². The summed E-state index contributed by atoms with van der Waals surface area (Å²) in [5.74, 6) is -0.154. The Morgan fingerprint density at radius 3 is 2.85 bits per heavy atom. The predicted molar refractivity (Wildman–Crippen MR) is 48.4 cm³/mol. The summed E-state index contributed by atoms with van der Waals surface area (Å²) in [6.45, 7) is 1.14. The molecule has 0 spiro atoms. The number of hydrogen-bond acceptors (Lipinski definition) is 5. The Labute approximate surface area is 74.9 Å². The van der Waals surface area contributed by atoms with Crippen LogP contribution >= 0.6 is 0 Å². The minimum atomic E-state index is -0.535. The Balaban J connectivity index is 2.64. The van der Waals surface area contributed by atoms with E-state index in [1.165, 1.54) is 12.3 Å². The average Bonchev–Trinajstić information content (AvgIpc) is 2.15.